The number of hydrogen-bond donors (Lipinski definition) is 1. The summed E-state index contributed by atoms with van der Waals surface area (Å²) >= 11 is 0. The summed E-state index contributed by atoms with van der Waals surface area (Å²) in [5, 5.41) is 1.23. The van der Waals surface area contributed by atoms with Crippen molar-refractivity contribution in [3.8, 4) is 0 Å². The molecule has 0 bridgehead atoms. The van der Waals surface area contributed by atoms with E-state index in [1.54, 1.807) is 0 Å². The predicted molar refractivity (Wildman–Crippen MR) is 77.2 cm³/mol. The lowest BCUT2D eigenvalue weighted by atomic mass is 10.0. The molecule has 0 amide bonds. The molecule has 1 heterocycles. The molecular formula is C16H21NO2. The fourth-order valence-electron chi connectivity index (χ4n) is 2.28. The van der Waals surface area contributed by atoms with Crippen LogP contribution in [0.1, 0.15) is 38.3 Å². The summed E-state index contributed by atoms with van der Waals surface area (Å²) in [6, 6.07) is 6.15. The third kappa shape index (κ3) is 3.37. The number of esters is 1. The van der Waals surface area contributed by atoms with Crippen molar-refractivity contribution in [2.24, 2.45) is 0 Å². The van der Waals surface area contributed by atoms with Crippen molar-refractivity contribution in [3.63, 3.8) is 0 Å². The Morgan fingerprint density at radius 1 is 1.32 bits per heavy atom. The van der Waals surface area contributed by atoms with Crippen molar-refractivity contribution in [1.29, 1.82) is 0 Å². The maximum Gasteiger partial charge on any atom is 0.306 e. The third-order valence-electron chi connectivity index (χ3n) is 3.01. The highest BCUT2D eigenvalue weighted by Crippen LogP contribution is 2.23. The molecule has 0 radical (unpaired) electrons. The Labute approximate surface area is 114 Å². The zero-order chi connectivity index (χ0) is 14.0. The van der Waals surface area contributed by atoms with Gasteiger partial charge in [-0.15, -0.1) is 0 Å². The minimum Gasteiger partial charge on any atom is -0.460 e. The van der Waals surface area contributed by atoms with Gasteiger partial charge in [-0.3, -0.25) is 4.79 Å². The van der Waals surface area contributed by atoms with Gasteiger partial charge in [0.15, 0.2) is 0 Å². The topological polar surface area (TPSA) is 42.1 Å². The Bertz CT molecular complexity index is 590. The minimum atomic E-state index is -0.410. The lowest BCUT2D eigenvalue weighted by Crippen LogP contribution is -2.24. The van der Waals surface area contributed by atoms with Gasteiger partial charge in [-0.1, -0.05) is 12.1 Å². The van der Waals surface area contributed by atoms with Gasteiger partial charge in [-0.2, -0.15) is 0 Å². The van der Waals surface area contributed by atoms with E-state index in [-0.39, 0.29) is 5.97 Å². The van der Waals surface area contributed by atoms with E-state index >= 15 is 0 Å². The molecule has 2 rings (SSSR count). The lowest BCUT2D eigenvalue weighted by molar-refractivity contribution is -0.154. The minimum absolute atomic E-state index is 0.141. The van der Waals surface area contributed by atoms with E-state index in [1.807, 2.05) is 33.0 Å². The van der Waals surface area contributed by atoms with Gasteiger partial charge < -0.3 is 9.72 Å². The summed E-state index contributed by atoms with van der Waals surface area (Å²) in [5.41, 5.74) is 3.13. The smallest absolute Gasteiger partial charge is 0.306 e. The summed E-state index contributed by atoms with van der Waals surface area (Å²) in [4.78, 5) is 15.0. The lowest BCUT2D eigenvalue weighted by Gasteiger charge is -2.19. The van der Waals surface area contributed by atoms with Crippen LogP contribution in [0.5, 0.6) is 0 Å². The molecule has 102 valence electrons. The largest absolute Gasteiger partial charge is 0.460 e. The number of nitrogens with one attached hydrogen (secondary N) is 1. The van der Waals surface area contributed by atoms with Gasteiger partial charge >= 0.3 is 5.97 Å². The van der Waals surface area contributed by atoms with Crippen LogP contribution in [0.2, 0.25) is 0 Å². The molecule has 3 heteroatoms. The summed E-state index contributed by atoms with van der Waals surface area (Å²) in [7, 11) is 0. The summed E-state index contributed by atoms with van der Waals surface area (Å²) in [6.45, 7) is 7.75. The number of hydrogen-bond acceptors (Lipinski definition) is 2. The van der Waals surface area contributed by atoms with Crippen molar-refractivity contribution in [2.45, 2.75) is 46.1 Å². The Hall–Kier alpha value is -1.77. The Morgan fingerprint density at radius 3 is 2.74 bits per heavy atom. The van der Waals surface area contributed by atoms with Crippen LogP contribution in [0.25, 0.3) is 10.9 Å². The number of carbonyl (C=O) groups is 1. The van der Waals surface area contributed by atoms with Crippen LogP contribution < -0.4 is 0 Å². The second-order valence-corrected chi connectivity index (χ2v) is 5.90. The normalized spacial score (nSPS) is 11.8. The van der Waals surface area contributed by atoms with Crippen LogP contribution >= 0.6 is 0 Å². The number of rotatable bonds is 3. The van der Waals surface area contributed by atoms with Crippen LogP contribution in [0.15, 0.2) is 24.4 Å². The first-order valence-corrected chi connectivity index (χ1v) is 6.64. The molecule has 0 aliphatic carbocycles. The average molecular weight is 259 g/mol. The number of aromatic amines is 1. The number of H-pyrrole nitrogens is 1. The number of carbonyl (C=O) groups excluding carboxylic acids is 1. The number of benzene rings is 1. The van der Waals surface area contributed by atoms with Crippen LogP contribution in [-0.2, 0) is 16.0 Å². The second kappa shape index (κ2) is 5.08. The Kier molecular flexibility index (Phi) is 3.65. The molecular weight excluding hydrogens is 238 g/mol. The molecule has 0 saturated heterocycles. The van der Waals surface area contributed by atoms with E-state index in [9.17, 15) is 4.79 Å². The predicted octanol–water partition coefficient (Wildman–Crippen LogP) is 3.75. The Balaban J connectivity index is 2.10. The zero-order valence-electron chi connectivity index (χ0n) is 12.0. The molecule has 0 aliphatic heterocycles. The van der Waals surface area contributed by atoms with Gasteiger partial charge in [-0.05, 0) is 51.3 Å². The molecule has 0 unspecified atom stereocenters. The van der Waals surface area contributed by atoms with Gasteiger partial charge in [0.2, 0.25) is 0 Å². The highest BCUT2D eigenvalue weighted by atomic mass is 16.6. The molecule has 3 nitrogen and oxygen atoms in total. The van der Waals surface area contributed by atoms with Crippen molar-refractivity contribution in [3.05, 3.63) is 35.5 Å². The van der Waals surface area contributed by atoms with E-state index in [4.69, 9.17) is 4.74 Å². The summed E-state index contributed by atoms with van der Waals surface area (Å²) < 4.78 is 5.34. The van der Waals surface area contributed by atoms with E-state index in [1.165, 1.54) is 16.5 Å². The fourth-order valence-corrected chi connectivity index (χ4v) is 2.28. The number of aryl methyl sites for hydroxylation is 2. The molecule has 0 saturated carbocycles. The van der Waals surface area contributed by atoms with Crippen molar-refractivity contribution in [1.82, 2.24) is 4.98 Å². The van der Waals surface area contributed by atoms with E-state index in [0.717, 1.165) is 5.52 Å². The average Bonchev–Trinajstić information content (AvgIpc) is 2.67. The van der Waals surface area contributed by atoms with Crippen molar-refractivity contribution < 1.29 is 9.53 Å². The molecule has 0 atom stereocenters. The first kappa shape index (κ1) is 13.7. The highest BCUT2D eigenvalue weighted by molar-refractivity contribution is 5.86. The van der Waals surface area contributed by atoms with Gasteiger partial charge in [0.1, 0.15) is 5.60 Å². The van der Waals surface area contributed by atoms with Crippen LogP contribution in [0.3, 0.4) is 0 Å². The summed E-state index contributed by atoms with van der Waals surface area (Å²) in [5.74, 6) is -0.141. The molecule has 0 fully saturated rings. The molecule has 2 aromatic rings. The Morgan fingerprint density at radius 2 is 2.05 bits per heavy atom. The SMILES string of the molecule is Cc1c[nH]c2cccc(CCC(=O)OC(C)(C)C)c12. The van der Waals surface area contributed by atoms with Crippen molar-refractivity contribution >= 4 is 16.9 Å². The van der Waals surface area contributed by atoms with Crippen LogP contribution in [0, 0.1) is 6.92 Å². The molecule has 0 aliphatic rings. The number of fused-ring (bicyclic) bond motifs is 1. The first-order chi connectivity index (χ1) is 8.87. The first-order valence-electron chi connectivity index (χ1n) is 6.64. The molecule has 19 heavy (non-hydrogen) atoms. The van der Waals surface area contributed by atoms with Crippen LogP contribution in [0.4, 0.5) is 0 Å². The molecule has 1 N–H and O–H groups in total. The quantitative estimate of drug-likeness (QED) is 0.853. The van der Waals surface area contributed by atoms with Crippen LogP contribution in [-0.4, -0.2) is 16.6 Å². The number of aromatic nitrogens is 1. The molecule has 1 aromatic heterocycles. The highest BCUT2D eigenvalue weighted by Gasteiger charge is 2.16. The standard InChI is InChI=1S/C16H21NO2/c1-11-10-17-13-7-5-6-12(15(11)13)8-9-14(18)19-16(2,3)4/h5-7,10,17H,8-9H2,1-4H3. The summed E-state index contributed by atoms with van der Waals surface area (Å²) in [6.07, 6.45) is 3.13. The fraction of sp³-hybridized carbons (Fsp3) is 0.438. The third-order valence-corrected chi connectivity index (χ3v) is 3.01. The second-order valence-electron chi connectivity index (χ2n) is 5.90. The molecule has 1 aromatic carbocycles. The monoisotopic (exact) mass is 259 g/mol. The van der Waals surface area contributed by atoms with E-state index in [0.29, 0.717) is 12.8 Å². The maximum atomic E-state index is 11.8. The van der Waals surface area contributed by atoms with E-state index in [2.05, 4.69) is 24.0 Å². The number of ether oxygens (including phenoxy) is 1. The van der Waals surface area contributed by atoms with E-state index < -0.39 is 5.60 Å². The van der Waals surface area contributed by atoms with Gasteiger partial charge in [0.05, 0.1) is 0 Å². The van der Waals surface area contributed by atoms with Gasteiger partial charge in [0, 0.05) is 23.5 Å². The van der Waals surface area contributed by atoms with Crippen molar-refractivity contribution in [2.75, 3.05) is 0 Å². The zero-order valence-corrected chi connectivity index (χ0v) is 12.0. The molecule has 0 spiro atoms. The van der Waals surface area contributed by atoms with Gasteiger partial charge in [0.25, 0.3) is 0 Å². The van der Waals surface area contributed by atoms with Gasteiger partial charge in [-0.25, -0.2) is 0 Å². The maximum absolute atomic E-state index is 11.8.